The van der Waals surface area contributed by atoms with Crippen molar-refractivity contribution in [2.75, 3.05) is 32.8 Å². The molecular weight excluding hydrogens is 700 g/mol. The Morgan fingerprint density at radius 2 is 1.89 bits per heavy atom. The van der Waals surface area contributed by atoms with Crippen molar-refractivity contribution in [2.24, 2.45) is 23.0 Å². The summed E-state index contributed by atoms with van der Waals surface area (Å²) in [5, 5.41) is 6.65. The number of aromatic nitrogens is 1. The maximum Gasteiger partial charge on any atom is 0.408 e. The second-order valence-electron chi connectivity index (χ2n) is 17.3. The van der Waals surface area contributed by atoms with E-state index in [0.717, 1.165) is 80.4 Å². The molecule has 7 atom stereocenters. The molecule has 1 aromatic heterocycles. The van der Waals surface area contributed by atoms with Crippen LogP contribution in [-0.4, -0.2) is 101 Å². The molecule has 2 bridgehead atoms. The molecular formula is C42H58N6O7. The van der Waals surface area contributed by atoms with Gasteiger partial charge in [-0.05, 0) is 87.9 Å². The van der Waals surface area contributed by atoms with Crippen LogP contribution in [0.1, 0.15) is 90.5 Å². The van der Waals surface area contributed by atoms with Crippen LogP contribution in [0.25, 0.3) is 10.9 Å². The van der Waals surface area contributed by atoms with Gasteiger partial charge in [0.25, 0.3) is 0 Å². The number of nitrogens with two attached hydrogens (primary N) is 1. The standard InChI is InChI=1S/C42H58N6O7/c1-5-27-24-42(27,39(43)51)46-36(49)32-23-28-25-48(32)38(50)35(41(2,3)4)45-40(52)55-33-22-26(33)14-7-6-8-16-30-34(53-21-13-20-47-18-11-12-19-47)29-15-9-10-17-31(29)44-37(30)54-28/h5,9-10,15,17,26-28,32-33,35H,1,6-8,11-14,16,18-25H2,2-4H3,(H2,43,51)(H,45,52)(H,46,49)/t26?,27-,28-,32+,33-,35-,42-/m1/s1. The molecule has 0 spiro atoms. The SMILES string of the molecule is C=C[C@@H]1C[C@]1(NC(=O)[C@@H]1C[C@@H]2CN1C(=O)[C@H](C(C)(C)C)NC(=O)O[C@@H]1CC1CCCCCc1c(nc3ccccc3c1OCCCN1CCCC1)O2)C(N)=O. The molecule has 2 aliphatic carbocycles. The summed E-state index contributed by atoms with van der Waals surface area (Å²) < 4.78 is 19.3. The van der Waals surface area contributed by atoms with Crippen LogP contribution in [0.4, 0.5) is 4.79 Å². The first-order valence-corrected chi connectivity index (χ1v) is 20.3. The van der Waals surface area contributed by atoms with Crippen molar-refractivity contribution in [2.45, 2.75) is 121 Å². The number of nitrogens with zero attached hydrogens (tertiary/aromatic N) is 3. The minimum atomic E-state index is -1.26. The zero-order valence-corrected chi connectivity index (χ0v) is 32.6. The third-order valence-electron chi connectivity index (χ3n) is 12.2. The molecule has 13 nitrogen and oxygen atoms in total. The highest BCUT2D eigenvalue weighted by atomic mass is 16.6. The van der Waals surface area contributed by atoms with E-state index in [-0.39, 0.29) is 30.9 Å². The van der Waals surface area contributed by atoms with Crippen LogP contribution in [0, 0.1) is 17.3 Å². The van der Waals surface area contributed by atoms with Gasteiger partial charge in [-0.15, -0.1) is 6.58 Å². The molecule has 1 aromatic carbocycles. The van der Waals surface area contributed by atoms with Crippen LogP contribution < -0.4 is 25.8 Å². The minimum Gasteiger partial charge on any atom is -0.492 e. The van der Waals surface area contributed by atoms with Crippen molar-refractivity contribution >= 4 is 34.7 Å². The van der Waals surface area contributed by atoms with Gasteiger partial charge in [-0.2, -0.15) is 0 Å². The lowest BCUT2D eigenvalue weighted by Gasteiger charge is -2.35. The van der Waals surface area contributed by atoms with Crippen molar-refractivity contribution in [1.82, 2.24) is 25.4 Å². The summed E-state index contributed by atoms with van der Waals surface area (Å²) in [5.74, 6) is -0.421. The van der Waals surface area contributed by atoms with Crippen LogP contribution in [0.5, 0.6) is 11.6 Å². The van der Waals surface area contributed by atoms with Gasteiger partial charge in [0.15, 0.2) is 0 Å². The molecule has 2 saturated heterocycles. The third-order valence-corrected chi connectivity index (χ3v) is 12.2. The van der Waals surface area contributed by atoms with Crippen molar-refractivity contribution in [3.63, 3.8) is 0 Å². The maximum atomic E-state index is 14.6. The van der Waals surface area contributed by atoms with E-state index in [1.54, 1.807) is 6.08 Å². The van der Waals surface area contributed by atoms with E-state index >= 15 is 0 Å². The average molecular weight is 759 g/mol. The molecule has 4 amide bonds. The Morgan fingerprint density at radius 3 is 2.62 bits per heavy atom. The molecule has 2 saturated carbocycles. The molecule has 1 unspecified atom stereocenters. The summed E-state index contributed by atoms with van der Waals surface area (Å²) in [6, 6.07) is 5.90. The number of pyridine rings is 1. The summed E-state index contributed by atoms with van der Waals surface area (Å²) in [4.78, 5) is 63.6. The van der Waals surface area contributed by atoms with E-state index in [1.807, 2.05) is 45.0 Å². The third kappa shape index (κ3) is 8.56. The molecule has 4 fully saturated rings. The molecule has 3 aliphatic heterocycles. The first kappa shape index (κ1) is 38.9. The second-order valence-corrected chi connectivity index (χ2v) is 17.3. The van der Waals surface area contributed by atoms with Gasteiger partial charge in [0.05, 0.1) is 24.2 Å². The molecule has 55 heavy (non-hydrogen) atoms. The predicted molar refractivity (Wildman–Crippen MR) is 207 cm³/mol. The highest BCUT2D eigenvalue weighted by molar-refractivity contribution is 5.98. The first-order chi connectivity index (χ1) is 26.4. The van der Waals surface area contributed by atoms with E-state index in [0.29, 0.717) is 25.3 Å². The number of nitrogens with one attached hydrogen (secondary N) is 2. The van der Waals surface area contributed by atoms with Gasteiger partial charge in [-0.3, -0.25) is 14.4 Å². The highest BCUT2D eigenvalue weighted by Crippen LogP contribution is 2.45. The van der Waals surface area contributed by atoms with Gasteiger partial charge >= 0.3 is 6.09 Å². The van der Waals surface area contributed by atoms with Gasteiger partial charge in [-0.25, -0.2) is 9.78 Å². The van der Waals surface area contributed by atoms with Crippen LogP contribution in [-0.2, 0) is 25.5 Å². The zero-order chi connectivity index (χ0) is 38.9. The van der Waals surface area contributed by atoms with Crippen molar-refractivity contribution in [3.05, 3.63) is 42.5 Å². The number of carbonyl (C=O) groups excluding carboxylic acids is 4. The number of carbonyl (C=O) groups is 4. The molecule has 7 rings (SSSR count). The zero-order valence-electron chi connectivity index (χ0n) is 32.6. The summed E-state index contributed by atoms with van der Waals surface area (Å²) in [6.45, 7) is 13.3. The molecule has 298 valence electrons. The van der Waals surface area contributed by atoms with Gasteiger partial charge in [0.2, 0.25) is 23.6 Å². The lowest BCUT2D eigenvalue weighted by molar-refractivity contribution is -0.142. The number of hydrogen-bond donors (Lipinski definition) is 3. The number of amides is 4. The molecule has 4 heterocycles. The largest absolute Gasteiger partial charge is 0.492 e. The fourth-order valence-electron chi connectivity index (χ4n) is 8.71. The number of likely N-dealkylation sites (tertiary alicyclic amines) is 1. The predicted octanol–water partition coefficient (Wildman–Crippen LogP) is 4.64. The van der Waals surface area contributed by atoms with Crippen LogP contribution in [0.15, 0.2) is 36.9 Å². The van der Waals surface area contributed by atoms with Gasteiger partial charge in [0.1, 0.15) is 35.6 Å². The first-order valence-electron chi connectivity index (χ1n) is 20.3. The maximum absolute atomic E-state index is 14.6. The van der Waals surface area contributed by atoms with E-state index in [4.69, 9.17) is 24.9 Å². The van der Waals surface area contributed by atoms with E-state index in [1.165, 1.54) is 17.7 Å². The van der Waals surface area contributed by atoms with Gasteiger partial charge in [-0.1, -0.05) is 51.8 Å². The number of para-hydroxylation sites is 1. The molecule has 5 aliphatic rings. The van der Waals surface area contributed by atoms with E-state index < -0.39 is 53.0 Å². The number of ether oxygens (including phenoxy) is 3. The number of benzene rings is 1. The van der Waals surface area contributed by atoms with Crippen molar-refractivity contribution < 1.29 is 33.4 Å². The Bertz CT molecular complexity index is 1790. The van der Waals surface area contributed by atoms with Crippen molar-refractivity contribution in [1.29, 1.82) is 0 Å². The summed E-state index contributed by atoms with van der Waals surface area (Å²) >= 11 is 0. The molecule has 2 aromatic rings. The Kier molecular flexibility index (Phi) is 11.3. The minimum absolute atomic E-state index is 0.0549. The summed E-state index contributed by atoms with van der Waals surface area (Å²) in [5.41, 5.74) is 5.42. The summed E-state index contributed by atoms with van der Waals surface area (Å²) in [7, 11) is 0. The van der Waals surface area contributed by atoms with Crippen LogP contribution >= 0.6 is 0 Å². The number of primary amides is 1. The van der Waals surface area contributed by atoms with Crippen LogP contribution in [0.3, 0.4) is 0 Å². The van der Waals surface area contributed by atoms with Gasteiger partial charge < -0.3 is 40.4 Å². The molecule has 0 radical (unpaired) electrons. The normalized spacial score (nSPS) is 30.1. The summed E-state index contributed by atoms with van der Waals surface area (Å²) in [6.07, 6.45) is 9.29. The smallest absolute Gasteiger partial charge is 0.408 e. The Morgan fingerprint density at radius 1 is 1.11 bits per heavy atom. The Hall–Kier alpha value is -4.39. The monoisotopic (exact) mass is 758 g/mol. The highest BCUT2D eigenvalue weighted by Gasteiger charge is 2.60. The van der Waals surface area contributed by atoms with Crippen molar-refractivity contribution in [3.8, 4) is 11.6 Å². The van der Waals surface area contributed by atoms with E-state index in [9.17, 15) is 19.2 Å². The quantitative estimate of drug-likeness (QED) is 0.244. The topological polar surface area (TPSA) is 165 Å². The lowest BCUT2D eigenvalue weighted by Crippen LogP contribution is -2.59. The van der Waals surface area contributed by atoms with Crippen LogP contribution in [0.2, 0.25) is 0 Å². The molecule has 13 heteroatoms. The Labute approximate surface area is 324 Å². The Balaban J connectivity index is 1.22. The fraction of sp³-hybridized carbons (Fsp3) is 0.643. The van der Waals surface area contributed by atoms with E-state index in [2.05, 4.69) is 22.1 Å². The number of hydrogen-bond acceptors (Lipinski definition) is 9. The number of rotatable bonds is 9. The number of alkyl carbamates (subject to hydrolysis) is 1. The fourth-order valence-corrected chi connectivity index (χ4v) is 8.71. The second kappa shape index (κ2) is 16.0. The lowest BCUT2D eigenvalue weighted by atomic mass is 9.85. The molecule has 4 N–H and O–H groups in total. The average Bonchev–Trinajstić information content (AvgIpc) is 3.90. The van der Waals surface area contributed by atoms with Gasteiger partial charge in [0, 0.05) is 24.3 Å². The number of fused-ring (bicyclic) bond motifs is 5.